The molecule has 1 aliphatic rings. The number of likely N-dealkylation sites (tertiary alicyclic amines) is 1. The Morgan fingerprint density at radius 3 is 3.05 bits per heavy atom. The molecular weight excluding hydrogens is 252 g/mol. The highest BCUT2D eigenvalue weighted by atomic mass is 16.3. The second-order valence-electron chi connectivity index (χ2n) is 5.40. The smallest absolute Gasteiger partial charge is 0.238 e. The number of hydrogen-bond acceptors (Lipinski definition) is 3. The molecule has 1 amide bonds. The SMILES string of the molecule is CCc1cccc(NC(=O)CN2CCCC[C@@H]2CO)c1. The van der Waals surface area contributed by atoms with Gasteiger partial charge in [-0.25, -0.2) is 0 Å². The maximum Gasteiger partial charge on any atom is 0.238 e. The first-order valence-corrected chi connectivity index (χ1v) is 7.46. The molecule has 20 heavy (non-hydrogen) atoms. The van der Waals surface area contributed by atoms with E-state index in [0.717, 1.165) is 37.9 Å². The summed E-state index contributed by atoms with van der Waals surface area (Å²) in [7, 11) is 0. The molecule has 4 heteroatoms. The number of nitrogens with one attached hydrogen (secondary N) is 1. The van der Waals surface area contributed by atoms with Crippen molar-refractivity contribution in [1.82, 2.24) is 4.90 Å². The van der Waals surface area contributed by atoms with Crippen molar-refractivity contribution in [2.45, 2.75) is 38.6 Å². The molecule has 0 aromatic heterocycles. The monoisotopic (exact) mass is 276 g/mol. The predicted octanol–water partition coefficient (Wildman–Crippen LogP) is 2.03. The van der Waals surface area contributed by atoms with Gasteiger partial charge in [-0.15, -0.1) is 0 Å². The second-order valence-corrected chi connectivity index (χ2v) is 5.40. The average Bonchev–Trinajstić information content (AvgIpc) is 2.48. The maximum atomic E-state index is 12.1. The van der Waals surface area contributed by atoms with E-state index in [-0.39, 0.29) is 18.6 Å². The molecule has 0 saturated carbocycles. The second kappa shape index (κ2) is 7.41. The van der Waals surface area contributed by atoms with Crippen LogP contribution >= 0.6 is 0 Å². The highest BCUT2D eigenvalue weighted by Crippen LogP contribution is 2.17. The summed E-state index contributed by atoms with van der Waals surface area (Å²) in [6, 6.07) is 8.08. The summed E-state index contributed by atoms with van der Waals surface area (Å²) in [6.07, 6.45) is 4.19. The molecule has 1 aromatic rings. The van der Waals surface area contributed by atoms with Gasteiger partial charge in [-0.2, -0.15) is 0 Å². The number of piperidine rings is 1. The summed E-state index contributed by atoms with van der Waals surface area (Å²) in [5.74, 6) is -0.00129. The third kappa shape index (κ3) is 4.05. The Balaban J connectivity index is 1.90. The molecule has 0 unspecified atom stereocenters. The molecule has 1 aliphatic heterocycles. The first-order valence-electron chi connectivity index (χ1n) is 7.46. The number of aliphatic hydroxyl groups excluding tert-OH is 1. The number of benzene rings is 1. The Bertz CT molecular complexity index is 448. The molecule has 1 heterocycles. The predicted molar refractivity (Wildman–Crippen MR) is 80.7 cm³/mol. The van der Waals surface area contributed by atoms with Crippen LogP contribution in [-0.2, 0) is 11.2 Å². The molecule has 110 valence electrons. The molecule has 0 radical (unpaired) electrons. The quantitative estimate of drug-likeness (QED) is 0.865. The van der Waals surface area contributed by atoms with Crippen molar-refractivity contribution in [3.05, 3.63) is 29.8 Å². The average molecular weight is 276 g/mol. The van der Waals surface area contributed by atoms with Crippen molar-refractivity contribution in [2.24, 2.45) is 0 Å². The molecule has 0 spiro atoms. The fraction of sp³-hybridized carbons (Fsp3) is 0.562. The van der Waals surface area contributed by atoms with Crippen LogP contribution in [0.25, 0.3) is 0 Å². The lowest BCUT2D eigenvalue weighted by Gasteiger charge is -2.33. The number of amides is 1. The number of anilines is 1. The number of carbonyl (C=O) groups excluding carboxylic acids is 1. The van der Waals surface area contributed by atoms with Crippen LogP contribution in [0.1, 0.15) is 31.7 Å². The minimum Gasteiger partial charge on any atom is -0.395 e. The van der Waals surface area contributed by atoms with E-state index in [1.165, 1.54) is 5.56 Å². The molecule has 4 nitrogen and oxygen atoms in total. The molecule has 1 fully saturated rings. The van der Waals surface area contributed by atoms with E-state index in [9.17, 15) is 9.90 Å². The van der Waals surface area contributed by atoms with E-state index >= 15 is 0 Å². The van der Waals surface area contributed by atoms with Crippen molar-refractivity contribution in [2.75, 3.05) is 25.0 Å². The van der Waals surface area contributed by atoms with Crippen LogP contribution in [0.2, 0.25) is 0 Å². The van der Waals surface area contributed by atoms with Gasteiger partial charge in [0.15, 0.2) is 0 Å². The summed E-state index contributed by atoms with van der Waals surface area (Å²) >= 11 is 0. The van der Waals surface area contributed by atoms with Crippen LogP contribution in [0.15, 0.2) is 24.3 Å². The molecule has 1 saturated heterocycles. The van der Waals surface area contributed by atoms with Crippen LogP contribution in [0.5, 0.6) is 0 Å². The molecule has 2 rings (SSSR count). The summed E-state index contributed by atoms with van der Waals surface area (Å²) in [5, 5.41) is 12.3. The summed E-state index contributed by atoms with van der Waals surface area (Å²) in [5.41, 5.74) is 2.07. The number of hydrogen-bond donors (Lipinski definition) is 2. The Labute approximate surface area is 120 Å². The van der Waals surface area contributed by atoms with E-state index in [0.29, 0.717) is 6.54 Å². The lowest BCUT2D eigenvalue weighted by Crippen LogP contribution is -2.45. The van der Waals surface area contributed by atoms with Crippen molar-refractivity contribution in [3.8, 4) is 0 Å². The Kier molecular flexibility index (Phi) is 5.56. The van der Waals surface area contributed by atoms with Crippen molar-refractivity contribution in [3.63, 3.8) is 0 Å². The van der Waals surface area contributed by atoms with Crippen molar-refractivity contribution in [1.29, 1.82) is 0 Å². The summed E-state index contributed by atoms with van der Waals surface area (Å²) in [4.78, 5) is 14.2. The van der Waals surface area contributed by atoms with Crippen LogP contribution in [0.3, 0.4) is 0 Å². The van der Waals surface area contributed by atoms with Gasteiger partial charge >= 0.3 is 0 Å². The molecule has 1 aromatic carbocycles. The molecular formula is C16H24N2O2. The van der Waals surface area contributed by atoms with E-state index in [2.05, 4.69) is 23.2 Å². The highest BCUT2D eigenvalue weighted by Gasteiger charge is 2.23. The lowest BCUT2D eigenvalue weighted by molar-refractivity contribution is -0.118. The fourth-order valence-electron chi connectivity index (χ4n) is 2.73. The molecule has 2 N–H and O–H groups in total. The van der Waals surface area contributed by atoms with Crippen molar-refractivity contribution < 1.29 is 9.90 Å². The van der Waals surface area contributed by atoms with E-state index in [4.69, 9.17) is 0 Å². The normalized spacial score (nSPS) is 19.8. The van der Waals surface area contributed by atoms with Gasteiger partial charge in [-0.3, -0.25) is 9.69 Å². The van der Waals surface area contributed by atoms with Crippen LogP contribution < -0.4 is 5.32 Å². The fourth-order valence-corrected chi connectivity index (χ4v) is 2.73. The number of nitrogens with zero attached hydrogens (tertiary/aromatic N) is 1. The maximum absolute atomic E-state index is 12.1. The van der Waals surface area contributed by atoms with Gasteiger partial charge < -0.3 is 10.4 Å². The largest absolute Gasteiger partial charge is 0.395 e. The zero-order chi connectivity index (χ0) is 14.4. The summed E-state index contributed by atoms with van der Waals surface area (Å²) in [6.45, 7) is 3.49. The van der Waals surface area contributed by atoms with E-state index < -0.39 is 0 Å². The van der Waals surface area contributed by atoms with Gasteiger partial charge in [0.05, 0.1) is 13.2 Å². The Morgan fingerprint density at radius 1 is 1.45 bits per heavy atom. The van der Waals surface area contributed by atoms with Gasteiger partial charge in [0, 0.05) is 11.7 Å². The number of aryl methyl sites for hydroxylation is 1. The molecule has 1 atom stereocenters. The molecule has 0 bridgehead atoms. The van der Waals surface area contributed by atoms with Crippen LogP contribution in [-0.4, -0.2) is 41.7 Å². The summed E-state index contributed by atoms with van der Waals surface area (Å²) < 4.78 is 0. The standard InChI is InChI=1S/C16H24N2O2/c1-2-13-6-5-7-14(10-13)17-16(20)11-18-9-4-3-8-15(18)12-19/h5-7,10,15,19H,2-4,8-9,11-12H2,1H3,(H,17,20)/t15-/m1/s1. The number of rotatable bonds is 5. The minimum atomic E-state index is -0.00129. The van der Waals surface area contributed by atoms with E-state index in [1.54, 1.807) is 0 Å². The van der Waals surface area contributed by atoms with Crippen LogP contribution in [0, 0.1) is 0 Å². The van der Waals surface area contributed by atoms with E-state index in [1.807, 2.05) is 18.2 Å². The van der Waals surface area contributed by atoms with Gasteiger partial charge in [0.2, 0.25) is 5.91 Å². The zero-order valence-electron chi connectivity index (χ0n) is 12.1. The van der Waals surface area contributed by atoms with Gasteiger partial charge in [-0.1, -0.05) is 25.5 Å². The third-order valence-corrected chi connectivity index (χ3v) is 3.93. The highest BCUT2D eigenvalue weighted by molar-refractivity contribution is 5.92. The first-order chi connectivity index (χ1) is 9.72. The molecule has 0 aliphatic carbocycles. The lowest BCUT2D eigenvalue weighted by atomic mass is 10.0. The zero-order valence-corrected chi connectivity index (χ0v) is 12.1. The topological polar surface area (TPSA) is 52.6 Å². The number of carbonyl (C=O) groups is 1. The van der Waals surface area contributed by atoms with Gasteiger partial charge in [-0.05, 0) is 43.5 Å². The minimum absolute atomic E-state index is 0.00129. The van der Waals surface area contributed by atoms with Gasteiger partial charge in [0.25, 0.3) is 0 Å². The third-order valence-electron chi connectivity index (χ3n) is 3.93. The van der Waals surface area contributed by atoms with Crippen LogP contribution in [0.4, 0.5) is 5.69 Å². The van der Waals surface area contributed by atoms with Gasteiger partial charge in [0.1, 0.15) is 0 Å². The Hall–Kier alpha value is -1.39. The first kappa shape index (κ1) is 15.0. The number of aliphatic hydroxyl groups is 1. The Morgan fingerprint density at radius 2 is 2.30 bits per heavy atom. The van der Waals surface area contributed by atoms with Crippen molar-refractivity contribution >= 4 is 11.6 Å².